The number of benzene rings is 1. The van der Waals surface area contributed by atoms with Gasteiger partial charge in [0, 0.05) is 34.6 Å². The minimum absolute atomic E-state index is 0.228. The van der Waals surface area contributed by atoms with Gasteiger partial charge in [-0.25, -0.2) is 4.39 Å². The van der Waals surface area contributed by atoms with E-state index in [0.717, 1.165) is 27.7 Å². The Morgan fingerprint density at radius 3 is 2.82 bits per heavy atom. The Balaban J connectivity index is 2.18. The van der Waals surface area contributed by atoms with E-state index in [4.69, 9.17) is 0 Å². The molecule has 1 aromatic carbocycles. The molecule has 84 valence electrons. The molecule has 0 aliphatic heterocycles. The van der Waals surface area contributed by atoms with Gasteiger partial charge in [0.2, 0.25) is 0 Å². The quantitative estimate of drug-likeness (QED) is 0.673. The first kappa shape index (κ1) is 10.0. The zero-order chi connectivity index (χ0) is 11.8. The molecule has 3 aromatic rings. The highest BCUT2D eigenvalue weighted by atomic mass is 19.1. The van der Waals surface area contributed by atoms with Crippen molar-refractivity contribution in [3.8, 4) is 11.3 Å². The van der Waals surface area contributed by atoms with Crippen molar-refractivity contribution in [1.82, 2.24) is 9.97 Å². The fraction of sp³-hybridized carbons (Fsp3) is 0.0714. The number of rotatable bonds is 1. The molecule has 0 saturated heterocycles. The number of aromatic nitrogens is 2. The molecule has 0 amide bonds. The summed E-state index contributed by atoms with van der Waals surface area (Å²) in [6.45, 7) is 2.00. The second kappa shape index (κ2) is 3.70. The molecule has 2 heterocycles. The van der Waals surface area contributed by atoms with Crippen molar-refractivity contribution >= 4 is 10.9 Å². The highest BCUT2D eigenvalue weighted by Gasteiger charge is 2.04. The van der Waals surface area contributed by atoms with Gasteiger partial charge >= 0.3 is 0 Å². The third-order valence-corrected chi connectivity index (χ3v) is 2.77. The second-order valence-electron chi connectivity index (χ2n) is 4.17. The van der Waals surface area contributed by atoms with Crippen LogP contribution in [0.4, 0.5) is 4.39 Å². The van der Waals surface area contributed by atoms with Gasteiger partial charge in [-0.05, 0) is 42.8 Å². The highest BCUT2D eigenvalue weighted by molar-refractivity contribution is 5.85. The number of aryl methyl sites for hydroxylation is 1. The molecule has 0 atom stereocenters. The van der Waals surface area contributed by atoms with Gasteiger partial charge in [-0.3, -0.25) is 4.98 Å². The average Bonchev–Trinajstić information content (AvgIpc) is 2.72. The van der Waals surface area contributed by atoms with Gasteiger partial charge in [0.1, 0.15) is 5.82 Å². The molecular weight excluding hydrogens is 215 g/mol. The van der Waals surface area contributed by atoms with E-state index in [2.05, 4.69) is 9.97 Å². The normalized spacial score (nSPS) is 10.9. The number of pyridine rings is 1. The maximum Gasteiger partial charge on any atom is 0.125 e. The monoisotopic (exact) mass is 226 g/mol. The van der Waals surface area contributed by atoms with E-state index in [1.54, 1.807) is 12.3 Å². The fourth-order valence-electron chi connectivity index (χ4n) is 1.96. The molecule has 0 unspecified atom stereocenters. The van der Waals surface area contributed by atoms with Gasteiger partial charge in [-0.2, -0.15) is 0 Å². The number of fused-ring (bicyclic) bond motifs is 1. The van der Waals surface area contributed by atoms with Crippen LogP contribution in [0.2, 0.25) is 0 Å². The summed E-state index contributed by atoms with van der Waals surface area (Å²) in [6.07, 6.45) is 3.61. The maximum atomic E-state index is 13.1. The fourth-order valence-corrected chi connectivity index (χ4v) is 1.96. The lowest BCUT2D eigenvalue weighted by atomic mass is 10.1. The van der Waals surface area contributed by atoms with E-state index in [9.17, 15) is 4.39 Å². The van der Waals surface area contributed by atoms with Crippen LogP contribution in [0.3, 0.4) is 0 Å². The molecular formula is C14H11FN2. The predicted molar refractivity (Wildman–Crippen MR) is 66.2 cm³/mol. The molecule has 0 radical (unpaired) electrons. The largest absolute Gasteiger partial charge is 0.354 e. The summed E-state index contributed by atoms with van der Waals surface area (Å²) in [7, 11) is 0. The topological polar surface area (TPSA) is 28.7 Å². The van der Waals surface area contributed by atoms with E-state index >= 15 is 0 Å². The van der Waals surface area contributed by atoms with Crippen LogP contribution in [0, 0.1) is 12.7 Å². The van der Waals surface area contributed by atoms with Gasteiger partial charge in [0.05, 0.1) is 0 Å². The lowest BCUT2D eigenvalue weighted by Gasteiger charge is -1.97. The molecule has 1 N–H and O–H groups in total. The number of hydrogen-bond acceptors (Lipinski definition) is 1. The molecule has 2 nitrogen and oxygen atoms in total. The van der Waals surface area contributed by atoms with Crippen molar-refractivity contribution in [3.05, 3.63) is 54.1 Å². The molecule has 17 heavy (non-hydrogen) atoms. The second-order valence-corrected chi connectivity index (χ2v) is 4.17. The van der Waals surface area contributed by atoms with E-state index in [1.807, 2.05) is 25.3 Å². The minimum atomic E-state index is -0.228. The van der Waals surface area contributed by atoms with Gasteiger partial charge < -0.3 is 4.98 Å². The molecule has 0 aliphatic carbocycles. The zero-order valence-electron chi connectivity index (χ0n) is 9.37. The first-order valence-electron chi connectivity index (χ1n) is 5.43. The molecule has 0 bridgehead atoms. The van der Waals surface area contributed by atoms with Gasteiger partial charge in [-0.15, -0.1) is 0 Å². The van der Waals surface area contributed by atoms with Gasteiger partial charge in [0.25, 0.3) is 0 Å². The lowest BCUT2D eigenvalue weighted by molar-refractivity contribution is 0.629. The first-order valence-corrected chi connectivity index (χ1v) is 5.43. The maximum absolute atomic E-state index is 13.1. The molecule has 0 saturated carbocycles. The third kappa shape index (κ3) is 1.80. The van der Waals surface area contributed by atoms with Crippen LogP contribution in [-0.4, -0.2) is 9.97 Å². The van der Waals surface area contributed by atoms with E-state index in [-0.39, 0.29) is 5.82 Å². The Labute approximate surface area is 98.1 Å². The summed E-state index contributed by atoms with van der Waals surface area (Å²) >= 11 is 0. The molecule has 0 aliphatic rings. The van der Waals surface area contributed by atoms with Crippen molar-refractivity contribution in [2.75, 3.05) is 0 Å². The predicted octanol–water partition coefficient (Wildman–Crippen LogP) is 3.68. The summed E-state index contributed by atoms with van der Waals surface area (Å²) in [5.41, 5.74) is 3.89. The molecule has 3 rings (SSSR count). The Kier molecular flexibility index (Phi) is 2.18. The lowest BCUT2D eigenvalue weighted by Crippen LogP contribution is -1.81. The van der Waals surface area contributed by atoms with Crippen LogP contribution in [-0.2, 0) is 0 Å². The number of hydrogen-bond donors (Lipinski definition) is 1. The Bertz CT molecular complexity index is 686. The number of H-pyrrole nitrogens is 1. The van der Waals surface area contributed by atoms with E-state index in [0.29, 0.717) is 0 Å². The Morgan fingerprint density at radius 2 is 2.00 bits per heavy atom. The molecule has 3 heteroatoms. The van der Waals surface area contributed by atoms with Crippen molar-refractivity contribution in [2.24, 2.45) is 0 Å². The van der Waals surface area contributed by atoms with E-state index in [1.165, 1.54) is 12.1 Å². The summed E-state index contributed by atoms with van der Waals surface area (Å²) in [5.74, 6) is -0.228. The van der Waals surface area contributed by atoms with Crippen LogP contribution in [0.25, 0.3) is 22.2 Å². The molecule has 0 spiro atoms. The summed E-state index contributed by atoms with van der Waals surface area (Å²) in [4.78, 5) is 7.35. The highest BCUT2D eigenvalue weighted by Crippen LogP contribution is 2.24. The van der Waals surface area contributed by atoms with Crippen LogP contribution >= 0.6 is 0 Å². The third-order valence-electron chi connectivity index (χ3n) is 2.77. The molecule has 2 aromatic heterocycles. The number of aromatic amines is 1. The van der Waals surface area contributed by atoms with Crippen LogP contribution < -0.4 is 0 Å². The Hall–Kier alpha value is -2.16. The summed E-state index contributed by atoms with van der Waals surface area (Å²) in [5, 5.41) is 1.00. The number of nitrogens with one attached hydrogen (secondary N) is 1. The first-order chi connectivity index (χ1) is 8.22. The smallest absolute Gasteiger partial charge is 0.125 e. The minimum Gasteiger partial charge on any atom is -0.354 e. The van der Waals surface area contributed by atoms with Crippen LogP contribution in [0.15, 0.2) is 42.7 Å². The summed E-state index contributed by atoms with van der Waals surface area (Å²) in [6, 6.07) is 8.80. The number of halogens is 1. The van der Waals surface area contributed by atoms with E-state index < -0.39 is 0 Å². The Morgan fingerprint density at radius 1 is 1.12 bits per heavy atom. The number of nitrogens with zero attached hydrogens (tertiary/aromatic N) is 1. The SMILES string of the molecule is Cc1cncc(-c2cc3ccc(F)cc3[nH]2)c1. The van der Waals surface area contributed by atoms with Crippen LogP contribution in [0.1, 0.15) is 5.56 Å². The van der Waals surface area contributed by atoms with Gasteiger partial charge in [-0.1, -0.05) is 0 Å². The van der Waals surface area contributed by atoms with Gasteiger partial charge in [0.15, 0.2) is 0 Å². The zero-order valence-corrected chi connectivity index (χ0v) is 9.37. The summed E-state index contributed by atoms with van der Waals surface area (Å²) < 4.78 is 13.1. The van der Waals surface area contributed by atoms with Crippen molar-refractivity contribution in [2.45, 2.75) is 6.92 Å². The average molecular weight is 226 g/mol. The molecule has 0 fully saturated rings. The standard InChI is InChI=1S/C14H11FN2/c1-9-4-11(8-16-7-9)13-5-10-2-3-12(15)6-14(10)17-13/h2-8,17H,1H3. The van der Waals surface area contributed by atoms with Crippen molar-refractivity contribution in [1.29, 1.82) is 0 Å². The van der Waals surface area contributed by atoms with Crippen molar-refractivity contribution < 1.29 is 4.39 Å². The van der Waals surface area contributed by atoms with Crippen molar-refractivity contribution in [3.63, 3.8) is 0 Å². The van der Waals surface area contributed by atoms with Crippen LogP contribution in [0.5, 0.6) is 0 Å².